The van der Waals surface area contributed by atoms with Crippen LogP contribution in [0.5, 0.6) is 17.2 Å². The molecular weight excluding hydrogens is 364 g/mol. The normalized spacial score (nSPS) is 10.7. The fourth-order valence-electron chi connectivity index (χ4n) is 1.75. The van der Waals surface area contributed by atoms with Crippen LogP contribution in [0, 0.1) is 6.92 Å². The van der Waals surface area contributed by atoms with Gasteiger partial charge in [0, 0.05) is 0 Å². The minimum atomic E-state index is -0.411. The molecule has 0 bridgehead atoms. The molecule has 0 aromatic heterocycles. The van der Waals surface area contributed by atoms with Gasteiger partial charge in [0.05, 0.1) is 10.7 Å². The van der Waals surface area contributed by atoms with Gasteiger partial charge >= 0.3 is 0 Å². The van der Waals surface area contributed by atoms with Crippen LogP contribution in [-0.2, 0) is 4.79 Å². The van der Waals surface area contributed by atoms with Gasteiger partial charge in [-0.2, -0.15) is 5.10 Å². The first-order chi connectivity index (χ1) is 11.0. The van der Waals surface area contributed by atoms with E-state index in [1.807, 2.05) is 25.1 Å². The molecule has 23 heavy (non-hydrogen) atoms. The number of rotatable bonds is 5. The molecule has 0 saturated heterocycles. The van der Waals surface area contributed by atoms with Gasteiger partial charge in [-0.05, 0) is 52.2 Å². The number of nitrogens with one attached hydrogen (secondary N) is 1. The predicted molar refractivity (Wildman–Crippen MR) is 89.9 cm³/mol. The molecule has 0 unspecified atom stereocenters. The first-order valence-corrected chi connectivity index (χ1v) is 7.48. The quantitative estimate of drug-likeness (QED) is 0.423. The zero-order valence-electron chi connectivity index (χ0n) is 12.3. The van der Waals surface area contributed by atoms with E-state index in [-0.39, 0.29) is 18.1 Å². The summed E-state index contributed by atoms with van der Waals surface area (Å²) in [6.45, 7) is 1.73. The Balaban J connectivity index is 1.88. The second-order valence-corrected chi connectivity index (χ2v) is 5.57. The Kier molecular flexibility index (Phi) is 5.59. The number of nitrogens with zero attached hydrogens (tertiary/aromatic N) is 1. The van der Waals surface area contributed by atoms with Crippen LogP contribution >= 0.6 is 15.9 Å². The first kappa shape index (κ1) is 16.8. The number of carbonyl (C=O) groups is 1. The highest BCUT2D eigenvalue weighted by Gasteiger charge is 2.06. The van der Waals surface area contributed by atoms with Gasteiger partial charge in [-0.1, -0.05) is 18.2 Å². The smallest absolute Gasteiger partial charge is 0.277 e. The Labute approximate surface area is 141 Å². The molecule has 0 fully saturated rings. The molecule has 120 valence electrons. The van der Waals surface area contributed by atoms with Crippen molar-refractivity contribution in [1.29, 1.82) is 0 Å². The predicted octanol–water partition coefficient (Wildman–Crippen LogP) is 2.70. The van der Waals surface area contributed by atoms with E-state index in [0.717, 1.165) is 5.56 Å². The third-order valence-electron chi connectivity index (χ3n) is 2.92. The minimum Gasteiger partial charge on any atom is -0.504 e. The molecule has 0 aliphatic carbocycles. The Morgan fingerprint density at radius 3 is 2.78 bits per heavy atom. The Bertz CT molecular complexity index is 724. The largest absolute Gasteiger partial charge is 0.504 e. The molecule has 0 atom stereocenters. The van der Waals surface area contributed by atoms with Gasteiger partial charge in [0.25, 0.3) is 5.91 Å². The third-order valence-corrected chi connectivity index (χ3v) is 3.53. The molecule has 0 spiro atoms. The summed E-state index contributed by atoms with van der Waals surface area (Å²) in [5.41, 5.74) is 3.77. The fourth-order valence-corrected chi connectivity index (χ4v) is 2.22. The lowest BCUT2D eigenvalue weighted by atomic mass is 10.2. The van der Waals surface area contributed by atoms with Crippen LogP contribution in [0.1, 0.15) is 11.1 Å². The molecule has 0 aliphatic heterocycles. The molecule has 0 radical (unpaired) electrons. The summed E-state index contributed by atoms with van der Waals surface area (Å²) in [6.07, 6.45) is 1.34. The van der Waals surface area contributed by atoms with Crippen LogP contribution in [0.3, 0.4) is 0 Å². The summed E-state index contributed by atoms with van der Waals surface area (Å²) >= 11 is 3.10. The van der Waals surface area contributed by atoms with Crippen molar-refractivity contribution < 1.29 is 19.7 Å². The average molecular weight is 379 g/mol. The van der Waals surface area contributed by atoms with Crippen molar-refractivity contribution in [2.24, 2.45) is 5.10 Å². The van der Waals surface area contributed by atoms with Crippen LogP contribution in [0.25, 0.3) is 0 Å². The average Bonchev–Trinajstić information content (AvgIpc) is 2.52. The third kappa shape index (κ3) is 4.72. The van der Waals surface area contributed by atoms with Gasteiger partial charge in [0.2, 0.25) is 0 Å². The molecule has 3 N–H and O–H groups in total. The Morgan fingerprint density at radius 2 is 2.09 bits per heavy atom. The highest BCUT2D eigenvalue weighted by atomic mass is 79.9. The van der Waals surface area contributed by atoms with Gasteiger partial charge in [-0.3, -0.25) is 4.79 Å². The number of aryl methyl sites for hydroxylation is 1. The van der Waals surface area contributed by atoms with Crippen molar-refractivity contribution in [3.8, 4) is 17.2 Å². The molecule has 1 amide bonds. The highest BCUT2D eigenvalue weighted by molar-refractivity contribution is 9.10. The van der Waals surface area contributed by atoms with Crippen LogP contribution in [-0.4, -0.2) is 28.9 Å². The first-order valence-electron chi connectivity index (χ1n) is 6.69. The number of aromatic hydroxyl groups is 2. The molecule has 7 heteroatoms. The van der Waals surface area contributed by atoms with Crippen molar-refractivity contribution in [1.82, 2.24) is 5.43 Å². The number of phenols is 2. The number of para-hydroxylation sites is 1. The van der Waals surface area contributed by atoms with Crippen LogP contribution in [0.4, 0.5) is 0 Å². The summed E-state index contributed by atoms with van der Waals surface area (Å²) < 4.78 is 5.72. The highest BCUT2D eigenvalue weighted by Crippen LogP contribution is 2.33. The Hall–Kier alpha value is -2.54. The lowest BCUT2D eigenvalue weighted by Gasteiger charge is -2.07. The number of halogens is 1. The summed E-state index contributed by atoms with van der Waals surface area (Å²) in [5, 5.41) is 22.7. The second-order valence-electron chi connectivity index (χ2n) is 4.72. The van der Waals surface area contributed by atoms with Crippen molar-refractivity contribution in [3.05, 3.63) is 52.0 Å². The molecular formula is C16H15BrN2O4. The summed E-state index contributed by atoms with van der Waals surface area (Å²) in [4.78, 5) is 11.7. The topological polar surface area (TPSA) is 91.2 Å². The van der Waals surface area contributed by atoms with E-state index in [1.165, 1.54) is 12.3 Å². The summed E-state index contributed by atoms with van der Waals surface area (Å²) in [6, 6.07) is 10.3. The van der Waals surface area contributed by atoms with E-state index >= 15 is 0 Å². The molecule has 0 saturated carbocycles. The van der Waals surface area contributed by atoms with Crippen molar-refractivity contribution in [2.45, 2.75) is 6.92 Å². The molecule has 2 rings (SSSR count). The van der Waals surface area contributed by atoms with Gasteiger partial charge < -0.3 is 14.9 Å². The van der Waals surface area contributed by atoms with Gasteiger partial charge in [-0.25, -0.2) is 5.43 Å². The number of hydrogen-bond acceptors (Lipinski definition) is 5. The number of ether oxygens (including phenoxy) is 1. The lowest BCUT2D eigenvalue weighted by Crippen LogP contribution is -2.24. The number of amides is 1. The number of hydrogen-bond donors (Lipinski definition) is 3. The van der Waals surface area contributed by atoms with Crippen molar-refractivity contribution >= 4 is 28.1 Å². The number of benzene rings is 2. The zero-order chi connectivity index (χ0) is 16.8. The van der Waals surface area contributed by atoms with E-state index < -0.39 is 5.91 Å². The molecule has 2 aromatic rings. The molecule has 6 nitrogen and oxygen atoms in total. The molecule has 0 aliphatic rings. The SMILES string of the molecule is Cc1ccccc1OCC(=O)NN=Cc1cc(O)c(O)c(Br)c1. The molecule has 0 heterocycles. The Morgan fingerprint density at radius 1 is 1.35 bits per heavy atom. The van der Waals surface area contributed by atoms with E-state index in [9.17, 15) is 15.0 Å². The second kappa shape index (κ2) is 7.64. The maximum Gasteiger partial charge on any atom is 0.277 e. The lowest BCUT2D eigenvalue weighted by molar-refractivity contribution is -0.123. The standard InChI is InChI=1S/C16H15BrN2O4/c1-10-4-2-3-5-14(10)23-9-15(21)19-18-8-11-6-12(17)16(22)13(20)7-11/h2-8,20,22H,9H2,1H3,(H,19,21). The number of hydrazone groups is 1. The van der Waals surface area contributed by atoms with Crippen LogP contribution in [0.15, 0.2) is 46.0 Å². The minimum absolute atomic E-state index is 0.160. The van der Waals surface area contributed by atoms with E-state index in [4.69, 9.17) is 4.74 Å². The van der Waals surface area contributed by atoms with Crippen molar-refractivity contribution in [2.75, 3.05) is 6.61 Å². The van der Waals surface area contributed by atoms with E-state index in [1.54, 1.807) is 12.1 Å². The van der Waals surface area contributed by atoms with Gasteiger partial charge in [0.1, 0.15) is 5.75 Å². The van der Waals surface area contributed by atoms with E-state index in [0.29, 0.717) is 15.8 Å². The van der Waals surface area contributed by atoms with E-state index in [2.05, 4.69) is 26.5 Å². The summed E-state index contributed by atoms with van der Waals surface area (Å²) in [5.74, 6) is -0.307. The van der Waals surface area contributed by atoms with Crippen LogP contribution < -0.4 is 10.2 Å². The molecule has 2 aromatic carbocycles. The number of carbonyl (C=O) groups excluding carboxylic acids is 1. The fraction of sp³-hybridized carbons (Fsp3) is 0.125. The zero-order valence-corrected chi connectivity index (χ0v) is 13.9. The van der Waals surface area contributed by atoms with Gasteiger partial charge in [0.15, 0.2) is 18.1 Å². The van der Waals surface area contributed by atoms with Crippen LogP contribution in [0.2, 0.25) is 0 Å². The van der Waals surface area contributed by atoms with Gasteiger partial charge in [-0.15, -0.1) is 0 Å². The number of phenolic OH excluding ortho intramolecular Hbond substituents is 2. The monoisotopic (exact) mass is 378 g/mol. The maximum atomic E-state index is 11.7. The summed E-state index contributed by atoms with van der Waals surface area (Å²) in [7, 11) is 0. The van der Waals surface area contributed by atoms with Crippen molar-refractivity contribution in [3.63, 3.8) is 0 Å². The maximum absolute atomic E-state index is 11.7.